The first-order valence-electron chi connectivity index (χ1n) is 6.19. The molecule has 0 bridgehead atoms. The Morgan fingerprint density at radius 2 is 2.11 bits per heavy atom. The third-order valence-corrected chi connectivity index (χ3v) is 2.88. The number of hydrogen-bond acceptors (Lipinski definition) is 2. The summed E-state index contributed by atoms with van der Waals surface area (Å²) >= 11 is 0. The van der Waals surface area contributed by atoms with Crippen molar-refractivity contribution in [2.45, 2.75) is 19.9 Å². The summed E-state index contributed by atoms with van der Waals surface area (Å²) in [7, 11) is 0. The molecular formula is C15H17N3O. The number of nitrogens with one attached hydrogen (secondary N) is 2. The van der Waals surface area contributed by atoms with Crippen LogP contribution in [0.15, 0.2) is 42.7 Å². The molecule has 1 atom stereocenters. The summed E-state index contributed by atoms with van der Waals surface area (Å²) in [5, 5.41) is 9.46. The number of carbonyl (C=O) groups excluding carboxylic acids is 1. The fourth-order valence-corrected chi connectivity index (χ4v) is 1.69. The molecule has 2 N–H and O–H groups in total. The molecule has 1 heterocycles. The zero-order valence-electron chi connectivity index (χ0n) is 11.1. The van der Waals surface area contributed by atoms with Gasteiger partial charge in [-0.15, -0.1) is 0 Å². The van der Waals surface area contributed by atoms with Gasteiger partial charge in [-0.25, -0.2) is 0 Å². The molecule has 0 aliphatic rings. The quantitative estimate of drug-likeness (QED) is 0.825. The summed E-state index contributed by atoms with van der Waals surface area (Å²) in [6.07, 6.45) is 6.82. The molecule has 0 saturated carbocycles. The van der Waals surface area contributed by atoms with Crippen molar-refractivity contribution in [3.8, 4) is 0 Å². The van der Waals surface area contributed by atoms with E-state index in [1.54, 1.807) is 24.5 Å². The lowest BCUT2D eigenvalue weighted by Crippen LogP contribution is -2.24. The number of nitrogens with zero attached hydrogens (tertiary/aromatic N) is 1. The SMILES string of the molecule is Cc1ccc(/C=C/C(=O)NC(C)c2cn[nH]c2)cc1. The van der Waals surface area contributed by atoms with E-state index in [2.05, 4.69) is 15.5 Å². The second-order valence-corrected chi connectivity index (χ2v) is 4.51. The highest BCUT2D eigenvalue weighted by molar-refractivity contribution is 5.91. The number of amides is 1. The fourth-order valence-electron chi connectivity index (χ4n) is 1.69. The second-order valence-electron chi connectivity index (χ2n) is 4.51. The van der Waals surface area contributed by atoms with Crippen molar-refractivity contribution in [3.05, 3.63) is 59.4 Å². The first-order valence-corrected chi connectivity index (χ1v) is 6.19. The van der Waals surface area contributed by atoms with Crippen LogP contribution in [0.3, 0.4) is 0 Å². The predicted molar refractivity (Wildman–Crippen MR) is 75.4 cm³/mol. The van der Waals surface area contributed by atoms with E-state index < -0.39 is 0 Å². The number of carbonyl (C=O) groups is 1. The first kappa shape index (κ1) is 13.1. The molecule has 19 heavy (non-hydrogen) atoms. The van der Waals surface area contributed by atoms with Crippen molar-refractivity contribution in [3.63, 3.8) is 0 Å². The molecule has 0 saturated heterocycles. The summed E-state index contributed by atoms with van der Waals surface area (Å²) < 4.78 is 0. The fraction of sp³-hybridized carbons (Fsp3) is 0.200. The monoisotopic (exact) mass is 255 g/mol. The molecule has 2 aromatic rings. The number of hydrogen-bond donors (Lipinski definition) is 2. The summed E-state index contributed by atoms with van der Waals surface area (Å²) in [6, 6.07) is 7.95. The highest BCUT2D eigenvalue weighted by atomic mass is 16.1. The van der Waals surface area contributed by atoms with Gasteiger partial charge in [0.25, 0.3) is 0 Å². The maximum absolute atomic E-state index is 11.8. The van der Waals surface area contributed by atoms with Crippen LogP contribution in [0, 0.1) is 6.92 Å². The number of rotatable bonds is 4. The molecule has 1 aromatic carbocycles. The van der Waals surface area contributed by atoms with Crippen LogP contribution in [0.2, 0.25) is 0 Å². The molecule has 4 nitrogen and oxygen atoms in total. The average Bonchev–Trinajstić information content (AvgIpc) is 2.92. The first-order chi connectivity index (χ1) is 9.15. The molecule has 0 aliphatic carbocycles. The van der Waals surface area contributed by atoms with Gasteiger partial charge in [-0.3, -0.25) is 9.89 Å². The van der Waals surface area contributed by atoms with E-state index in [0.717, 1.165) is 11.1 Å². The summed E-state index contributed by atoms with van der Waals surface area (Å²) in [5.74, 6) is -0.116. The number of aromatic nitrogens is 2. The standard InChI is InChI=1S/C15H17N3O/c1-11-3-5-13(6-4-11)7-8-15(19)18-12(2)14-9-16-17-10-14/h3-10,12H,1-2H3,(H,16,17)(H,18,19)/b8-7+. The summed E-state index contributed by atoms with van der Waals surface area (Å²) in [6.45, 7) is 3.95. The van der Waals surface area contributed by atoms with Gasteiger partial charge < -0.3 is 5.32 Å². The third-order valence-electron chi connectivity index (χ3n) is 2.88. The number of benzene rings is 1. The van der Waals surface area contributed by atoms with Gasteiger partial charge in [0.05, 0.1) is 12.2 Å². The largest absolute Gasteiger partial charge is 0.346 e. The number of H-pyrrole nitrogens is 1. The van der Waals surface area contributed by atoms with Crippen molar-refractivity contribution in [1.82, 2.24) is 15.5 Å². The van der Waals surface area contributed by atoms with E-state index in [1.807, 2.05) is 38.1 Å². The van der Waals surface area contributed by atoms with E-state index in [0.29, 0.717) is 0 Å². The van der Waals surface area contributed by atoms with Gasteiger partial charge >= 0.3 is 0 Å². The minimum atomic E-state index is -0.116. The maximum Gasteiger partial charge on any atom is 0.244 e. The van der Waals surface area contributed by atoms with Gasteiger partial charge in [-0.05, 0) is 25.5 Å². The van der Waals surface area contributed by atoms with E-state index in [9.17, 15) is 4.79 Å². The van der Waals surface area contributed by atoms with Crippen LogP contribution in [-0.4, -0.2) is 16.1 Å². The zero-order chi connectivity index (χ0) is 13.7. The van der Waals surface area contributed by atoms with Gasteiger partial charge in [0, 0.05) is 17.8 Å². The molecule has 1 aromatic heterocycles. The number of aryl methyl sites for hydroxylation is 1. The topological polar surface area (TPSA) is 57.8 Å². The maximum atomic E-state index is 11.8. The Kier molecular flexibility index (Phi) is 4.13. The number of aromatic amines is 1. The van der Waals surface area contributed by atoms with Crippen LogP contribution in [0.1, 0.15) is 29.7 Å². The van der Waals surface area contributed by atoms with E-state index in [4.69, 9.17) is 0 Å². The molecule has 0 fully saturated rings. The Labute approximate surface area is 112 Å². The lowest BCUT2D eigenvalue weighted by atomic mass is 10.1. The summed E-state index contributed by atoms with van der Waals surface area (Å²) in [4.78, 5) is 11.8. The van der Waals surface area contributed by atoms with Crippen LogP contribution in [-0.2, 0) is 4.79 Å². The smallest absolute Gasteiger partial charge is 0.244 e. The molecule has 0 radical (unpaired) electrons. The predicted octanol–water partition coefficient (Wildman–Crippen LogP) is 2.61. The lowest BCUT2D eigenvalue weighted by Gasteiger charge is -2.09. The zero-order valence-corrected chi connectivity index (χ0v) is 11.1. The van der Waals surface area contributed by atoms with Crippen LogP contribution < -0.4 is 5.32 Å². The van der Waals surface area contributed by atoms with Crippen LogP contribution in [0.5, 0.6) is 0 Å². The third kappa shape index (κ3) is 3.81. The summed E-state index contributed by atoms with van der Waals surface area (Å²) in [5.41, 5.74) is 3.17. The van der Waals surface area contributed by atoms with Crippen molar-refractivity contribution in [1.29, 1.82) is 0 Å². The van der Waals surface area contributed by atoms with Gasteiger partial charge in [-0.1, -0.05) is 29.8 Å². The van der Waals surface area contributed by atoms with Crippen molar-refractivity contribution in [2.75, 3.05) is 0 Å². The Morgan fingerprint density at radius 3 is 2.74 bits per heavy atom. The lowest BCUT2D eigenvalue weighted by molar-refractivity contribution is -0.117. The molecule has 0 spiro atoms. The highest BCUT2D eigenvalue weighted by Crippen LogP contribution is 2.09. The van der Waals surface area contributed by atoms with E-state index in [-0.39, 0.29) is 11.9 Å². The van der Waals surface area contributed by atoms with Crippen LogP contribution in [0.25, 0.3) is 6.08 Å². The normalized spacial score (nSPS) is 12.5. The Balaban J connectivity index is 1.92. The molecule has 1 unspecified atom stereocenters. The van der Waals surface area contributed by atoms with Gasteiger partial charge in [0.2, 0.25) is 5.91 Å². The van der Waals surface area contributed by atoms with Crippen molar-refractivity contribution >= 4 is 12.0 Å². The molecule has 2 rings (SSSR count). The van der Waals surface area contributed by atoms with E-state index in [1.165, 1.54) is 5.56 Å². The Hall–Kier alpha value is -2.36. The molecule has 98 valence electrons. The van der Waals surface area contributed by atoms with Crippen molar-refractivity contribution in [2.24, 2.45) is 0 Å². The second kappa shape index (κ2) is 6.00. The molecule has 1 amide bonds. The highest BCUT2D eigenvalue weighted by Gasteiger charge is 2.07. The van der Waals surface area contributed by atoms with E-state index >= 15 is 0 Å². The minimum Gasteiger partial charge on any atom is -0.346 e. The Bertz CT molecular complexity index is 556. The van der Waals surface area contributed by atoms with Gasteiger partial charge in [-0.2, -0.15) is 5.10 Å². The van der Waals surface area contributed by atoms with Gasteiger partial charge in [0.1, 0.15) is 0 Å². The van der Waals surface area contributed by atoms with Crippen molar-refractivity contribution < 1.29 is 4.79 Å². The van der Waals surface area contributed by atoms with Gasteiger partial charge in [0.15, 0.2) is 0 Å². The molecule has 0 aliphatic heterocycles. The Morgan fingerprint density at radius 1 is 1.37 bits per heavy atom. The average molecular weight is 255 g/mol. The molecular weight excluding hydrogens is 238 g/mol. The van der Waals surface area contributed by atoms with Crippen LogP contribution in [0.4, 0.5) is 0 Å². The minimum absolute atomic E-state index is 0.0612. The van der Waals surface area contributed by atoms with Crippen LogP contribution >= 0.6 is 0 Å². The molecule has 4 heteroatoms.